The van der Waals surface area contributed by atoms with Crippen LogP contribution in [-0.4, -0.2) is 40.1 Å². The zero-order valence-corrected chi connectivity index (χ0v) is 10.4. The lowest BCUT2D eigenvalue weighted by Gasteiger charge is -2.29. The predicted molar refractivity (Wildman–Crippen MR) is 63.3 cm³/mol. The normalized spacial score (nSPS) is 17.5. The van der Waals surface area contributed by atoms with Gasteiger partial charge in [-0.2, -0.15) is 0 Å². The highest BCUT2D eigenvalue weighted by Gasteiger charge is 2.22. The molecule has 0 N–H and O–H groups in total. The summed E-state index contributed by atoms with van der Waals surface area (Å²) in [6.45, 7) is 7.68. The molecule has 0 saturated carbocycles. The number of hydrogen-bond donors (Lipinski definition) is 0. The predicted octanol–water partition coefficient (Wildman–Crippen LogP) is 0.898. The fourth-order valence-electron chi connectivity index (χ4n) is 2.13. The molecule has 0 radical (unpaired) electrons. The van der Waals surface area contributed by atoms with E-state index in [1.165, 1.54) is 0 Å². The van der Waals surface area contributed by atoms with Gasteiger partial charge in [0.2, 0.25) is 0 Å². The smallest absolute Gasteiger partial charge is 0.309 e. The van der Waals surface area contributed by atoms with E-state index in [0.717, 1.165) is 32.0 Å². The van der Waals surface area contributed by atoms with E-state index in [0.29, 0.717) is 6.61 Å². The molecule has 1 aromatic heterocycles. The minimum atomic E-state index is -0.110. The van der Waals surface area contributed by atoms with Gasteiger partial charge >= 0.3 is 5.97 Å². The van der Waals surface area contributed by atoms with Crippen LogP contribution in [0.25, 0.3) is 0 Å². The third-order valence-electron chi connectivity index (χ3n) is 3.04. The molecular weight excluding hydrogens is 218 g/mol. The van der Waals surface area contributed by atoms with Crippen LogP contribution < -0.4 is 0 Å². The van der Waals surface area contributed by atoms with Crippen molar-refractivity contribution in [3.8, 4) is 0 Å². The summed E-state index contributed by atoms with van der Waals surface area (Å²) in [6, 6.07) is 0. The summed E-state index contributed by atoms with van der Waals surface area (Å²) < 4.78 is 7.17. The molecule has 2 heterocycles. The third kappa shape index (κ3) is 2.85. The Morgan fingerprint density at radius 2 is 2.41 bits per heavy atom. The van der Waals surface area contributed by atoms with Crippen molar-refractivity contribution in [2.75, 3.05) is 19.7 Å². The van der Waals surface area contributed by atoms with E-state index in [-0.39, 0.29) is 11.9 Å². The van der Waals surface area contributed by atoms with Gasteiger partial charge in [0, 0.05) is 32.0 Å². The number of nitrogens with zero attached hydrogens (tertiary/aromatic N) is 3. The lowest BCUT2D eigenvalue weighted by atomic mass is 10.1. The van der Waals surface area contributed by atoms with E-state index in [1.807, 2.05) is 26.2 Å². The average Bonchev–Trinajstić information content (AvgIpc) is 2.76. The van der Waals surface area contributed by atoms with Crippen LogP contribution in [0.15, 0.2) is 12.4 Å². The summed E-state index contributed by atoms with van der Waals surface area (Å²) in [5, 5.41) is 0. The highest BCUT2D eigenvalue weighted by molar-refractivity contribution is 5.72. The molecule has 0 aliphatic carbocycles. The van der Waals surface area contributed by atoms with Crippen molar-refractivity contribution in [2.24, 2.45) is 5.92 Å². The van der Waals surface area contributed by atoms with Gasteiger partial charge in [-0.05, 0) is 6.92 Å². The standard InChI is InChI=1S/C12H19N3O2/c1-3-17-12(16)10(2)8-14-6-7-15-5-4-13-11(15)9-14/h4-5,10H,3,6-9H2,1-2H3. The molecule has 1 aliphatic heterocycles. The zero-order chi connectivity index (χ0) is 12.3. The topological polar surface area (TPSA) is 47.4 Å². The van der Waals surface area contributed by atoms with Gasteiger partial charge in [-0.1, -0.05) is 6.92 Å². The molecule has 0 bridgehead atoms. The highest BCUT2D eigenvalue weighted by atomic mass is 16.5. The summed E-state index contributed by atoms with van der Waals surface area (Å²) in [7, 11) is 0. The van der Waals surface area contributed by atoms with Gasteiger partial charge in [0.05, 0.1) is 19.1 Å². The molecule has 0 amide bonds. The molecule has 1 aliphatic rings. The number of carbonyl (C=O) groups is 1. The molecular formula is C12H19N3O2. The largest absolute Gasteiger partial charge is 0.466 e. The third-order valence-corrected chi connectivity index (χ3v) is 3.04. The van der Waals surface area contributed by atoms with E-state index < -0.39 is 0 Å². The van der Waals surface area contributed by atoms with Crippen LogP contribution in [-0.2, 0) is 22.6 Å². The molecule has 0 saturated heterocycles. The Labute approximate surface area is 101 Å². The maximum absolute atomic E-state index is 11.5. The maximum Gasteiger partial charge on any atom is 0.309 e. The number of imidazole rings is 1. The van der Waals surface area contributed by atoms with Crippen LogP contribution >= 0.6 is 0 Å². The lowest BCUT2D eigenvalue weighted by Crippen LogP contribution is -2.38. The van der Waals surface area contributed by atoms with E-state index in [4.69, 9.17) is 4.74 Å². The highest BCUT2D eigenvalue weighted by Crippen LogP contribution is 2.12. The average molecular weight is 237 g/mol. The van der Waals surface area contributed by atoms with Crippen LogP contribution in [0, 0.1) is 5.92 Å². The van der Waals surface area contributed by atoms with Crippen LogP contribution in [0.2, 0.25) is 0 Å². The minimum Gasteiger partial charge on any atom is -0.466 e. The molecule has 2 rings (SSSR count). The van der Waals surface area contributed by atoms with Crippen molar-refractivity contribution >= 4 is 5.97 Å². The molecule has 1 aromatic rings. The fraction of sp³-hybridized carbons (Fsp3) is 0.667. The maximum atomic E-state index is 11.5. The summed E-state index contributed by atoms with van der Waals surface area (Å²) in [6.07, 6.45) is 3.83. The Kier molecular flexibility index (Phi) is 3.78. The van der Waals surface area contributed by atoms with Crippen molar-refractivity contribution in [1.82, 2.24) is 14.5 Å². The summed E-state index contributed by atoms with van der Waals surface area (Å²) in [4.78, 5) is 18.1. The Bertz CT molecular complexity index is 389. The first kappa shape index (κ1) is 12.1. The van der Waals surface area contributed by atoms with Gasteiger partial charge in [0.15, 0.2) is 0 Å². The second-order valence-electron chi connectivity index (χ2n) is 4.43. The Balaban J connectivity index is 1.87. The molecule has 1 atom stereocenters. The molecule has 5 nitrogen and oxygen atoms in total. The Morgan fingerprint density at radius 3 is 3.18 bits per heavy atom. The number of carbonyl (C=O) groups excluding carboxylic acids is 1. The zero-order valence-electron chi connectivity index (χ0n) is 10.4. The summed E-state index contributed by atoms with van der Waals surface area (Å²) in [5.41, 5.74) is 0. The quantitative estimate of drug-likeness (QED) is 0.730. The van der Waals surface area contributed by atoms with E-state index >= 15 is 0 Å². The number of hydrogen-bond acceptors (Lipinski definition) is 4. The molecule has 94 valence electrons. The van der Waals surface area contributed by atoms with Gasteiger partial charge in [0.25, 0.3) is 0 Å². The molecule has 17 heavy (non-hydrogen) atoms. The van der Waals surface area contributed by atoms with E-state index in [9.17, 15) is 4.79 Å². The monoisotopic (exact) mass is 237 g/mol. The first-order valence-corrected chi connectivity index (χ1v) is 6.09. The van der Waals surface area contributed by atoms with Crippen LogP contribution in [0.3, 0.4) is 0 Å². The van der Waals surface area contributed by atoms with Crippen LogP contribution in [0.5, 0.6) is 0 Å². The van der Waals surface area contributed by atoms with Gasteiger partial charge in [-0.25, -0.2) is 4.98 Å². The molecule has 0 aromatic carbocycles. The lowest BCUT2D eigenvalue weighted by molar-refractivity contribution is -0.148. The molecule has 1 unspecified atom stereocenters. The number of fused-ring (bicyclic) bond motifs is 1. The number of esters is 1. The van der Waals surface area contributed by atoms with Crippen molar-refractivity contribution in [1.29, 1.82) is 0 Å². The summed E-state index contributed by atoms with van der Waals surface area (Å²) in [5.74, 6) is 0.894. The molecule has 5 heteroatoms. The number of rotatable bonds is 4. The molecule has 0 fully saturated rings. The number of aromatic nitrogens is 2. The van der Waals surface area contributed by atoms with E-state index in [2.05, 4.69) is 14.5 Å². The number of ether oxygens (including phenoxy) is 1. The summed E-state index contributed by atoms with van der Waals surface area (Å²) >= 11 is 0. The second-order valence-corrected chi connectivity index (χ2v) is 4.43. The molecule has 0 spiro atoms. The van der Waals surface area contributed by atoms with Crippen LogP contribution in [0.1, 0.15) is 19.7 Å². The van der Waals surface area contributed by atoms with Gasteiger partial charge < -0.3 is 9.30 Å². The first-order chi connectivity index (χ1) is 8.20. The second kappa shape index (κ2) is 5.31. The minimum absolute atomic E-state index is 0.0727. The van der Waals surface area contributed by atoms with Crippen molar-refractivity contribution in [3.05, 3.63) is 18.2 Å². The van der Waals surface area contributed by atoms with Crippen molar-refractivity contribution < 1.29 is 9.53 Å². The van der Waals surface area contributed by atoms with Crippen LogP contribution in [0.4, 0.5) is 0 Å². The Hall–Kier alpha value is -1.36. The first-order valence-electron chi connectivity index (χ1n) is 6.09. The van der Waals surface area contributed by atoms with Gasteiger partial charge in [-0.3, -0.25) is 9.69 Å². The SMILES string of the molecule is CCOC(=O)C(C)CN1CCn2ccnc2C1. The van der Waals surface area contributed by atoms with E-state index in [1.54, 1.807) is 0 Å². The van der Waals surface area contributed by atoms with Gasteiger partial charge in [0.1, 0.15) is 5.82 Å². The van der Waals surface area contributed by atoms with Crippen molar-refractivity contribution in [3.63, 3.8) is 0 Å². The van der Waals surface area contributed by atoms with Gasteiger partial charge in [-0.15, -0.1) is 0 Å². The van der Waals surface area contributed by atoms with Crippen molar-refractivity contribution in [2.45, 2.75) is 26.9 Å². The Morgan fingerprint density at radius 1 is 1.59 bits per heavy atom. The fourth-order valence-corrected chi connectivity index (χ4v) is 2.13.